The normalized spacial score (nSPS) is 13.5. The molecule has 0 bridgehead atoms. The molecule has 1 aromatic heterocycles. The van der Waals surface area contributed by atoms with E-state index in [1.165, 1.54) is 11.3 Å². The molecule has 0 fully saturated rings. The molecule has 1 N–H and O–H groups in total. The molecular formula is C14H16F2N2O2S2. The molecule has 120 valence electrons. The molecule has 0 aliphatic carbocycles. The first-order valence-electron chi connectivity index (χ1n) is 6.45. The molecule has 0 amide bonds. The van der Waals surface area contributed by atoms with E-state index in [1.54, 1.807) is 0 Å². The molecule has 1 aromatic carbocycles. The van der Waals surface area contributed by atoms with Crippen LogP contribution in [-0.4, -0.2) is 34.0 Å². The molecule has 0 radical (unpaired) electrons. The Morgan fingerprint density at radius 1 is 1.23 bits per heavy atom. The van der Waals surface area contributed by atoms with Crippen LogP contribution in [0.5, 0.6) is 0 Å². The summed E-state index contributed by atoms with van der Waals surface area (Å²) in [5.41, 5.74) is 0. The summed E-state index contributed by atoms with van der Waals surface area (Å²) in [5, 5.41) is 1.91. The van der Waals surface area contributed by atoms with Gasteiger partial charge in [-0.2, -0.15) is 0 Å². The van der Waals surface area contributed by atoms with E-state index in [2.05, 4.69) is 4.72 Å². The number of hydrogen-bond donors (Lipinski definition) is 1. The molecule has 2 rings (SSSR count). The predicted molar refractivity (Wildman–Crippen MR) is 82.3 cm³/mol. The summed E-state index contributed by atoms with van der Waals surface area (Å²) < 4.78 is 53.1. The van der Waals surface area contributed by atoms with Crippen molar-refractivity contribution in [1.82, 2.24) is 9.62 Å². The van der Waals surface area contributed by atoms with Gasteiger partial charge in [0, 0.05) is 17.5 Å². The lowest BCUT2D eigenvalue weighted by atomic mass is 10.2. The van der Waals surface area contributed by atoms with Crippen molar-refractivity contribution < 1.29 is 17.2 Å². The lowest BCUT2D eigenvalue weighted by Gasteiger charge is -2.23. The Morgan fingerprint density at radius 3 is 2.36 bits per heavy atom. The van der Waals surface area contributed by atoms with Gasteiger partial charge in [-0.25, -0.2) is 21.9 Å². The molecule has 0 saturated heterocycles. The Bertz CT molecular complexity index is 711. The Hall–Kier alpha value is -1.35. The number of halogens is 2. The van der Waals surface area contributed by atoms with Crippen molar-refractivity contribution in [3.05, 3.63) is 52.2 Å². The van der Waals surface area contributed by atoms with Gasteiger partial charge in [-0.05, 0) is 37.7 Å². The zero-order valence-corrected chi connectivity index (χ0v) is 13.7. The monoisotopic (exact) mass is 346 g/mol. The third-order valence-electron chi connectivity index (χ3n) is 3.11. The van der Waals surface area contributed by atoms with Gasteiger partial charge in [0.25, 0.3) is 0 Å². The maximum Gasteiger partial charge on any atom is 0.240 e. The van der Waals surface area contributed by atoms with Crippen LogP contribution >= 0.6 is 11.3 Å². The first kappa shape index (κ1) is 17.0. The third kappa shape index (κ3) is 4.10. The lowest BCUT2D eigenvalue weighted by molar-refractivity contribution is 0.303. The third-order valence-corrected chi connectivity index (χ3v) is 5.48. The van der Waals surface area contributed by atoms with Crippen molar-refractivity contribution in [2.75, 3.05) is 20.6 Å². The van der Waals surface area contributed by atoms with E-state index in [1.807, 2.05) is 36.5 Å². The van der Waals surface area contributed by atoms with Crippen LogP contribution in [0.1, 0.15) is 10.9 Å². The van der Waals surface area contributed by atoms with E-state index >= 15 is 0 Å². The van der Waals surface area contributed by atoms with Crippen LogP contribution in [0.15, 0.2) is 40.6 Å². The zero-order valence-electron chi connectivity index (χ0n) is 12.1. The minimum Gasteiger partial charge on any atom is -0.300 e. The van der Waals surface area contributed by atoms with Crippen LogP contribution in [0.2, 0.25) is 0 Å². The lowest BCUT2D eigenvalue weighted by Crippen LogP contribution is -2.34. The standard InChI is InChI=1S/C14H16F2N2O2S2/c1-18(2)13(14-4-3-5-21-14)9-17-22(19,20)12-7-10(15)6-11(16)8-12/h3-8,13,17H,9H2,1-2H3. The first-order valence-corrected chi connectivity index (χ1v) is 8.81. The minimum atomic E-state index is -3.98. The Balaban J connectivity index is 2.18. The molecule has 0 saturated carbocycles. The number of sulfonamides is 1. The van der Waals surface area contributed by atoms with Crippen LogP contribution in [-0.2, 0) is 10.0 Å². The SMILES string of the molecule is CN(C)C(CNS(=O)(=O)c1cc(F)cc(F)c1)c1cccs1. The van der Waals surface area contributed by atoms with Gasteiger partial charge in [0.2, 0.25) is 10.0 Å². The topological polar surface area (TPSA) is 49.4 Å². The molecule has 1 heterocycles. The van der Waals surface area contributed by atoms with E-state index in [-0.39, 0.29) is 12.6 Å². The fourth-order valence-electron chi connectivity index (χ4n) is 1.97. The van der Waals surface area contributed by atoms with Crippen LogP contribution in [0.25, 0.3) is 0 Å². The first-order chi connectivity index (χ1) is 10.3. The molecule has 4 nitrogen and oxygen atoms in total. The molecule has 1 atom stereocenters. The maximum absolute atomic E-state index is 13.2. The number of benzene rings is 1. The number of nitrogens with zero attached hydrogens (tertiary/aromatic N) is 1. The van der Waals surface area contributed by atoms with Gasteiger partial charge in [0.1, 0.15) is 11.6 Å². The van der Waals surface area contributed by atoms with Crippen LogP contribution in [0.3, 0.4) is 0 Å². The van der Waals surface area contributed by atoms with E-state index in [4.69, 9.17) is 0 Å². The van der Waals surface area contributed by atoms with Gasteiger partial charge in [0.15, 0.2) is 0 Å². The van der Waals surface area contributed by atoms with Crippen molar-refractivity contribution in [3.8, 4) is 0 Å². The Morgan fingerprint density at radius 2 is 1.86 bits per heavy atom. The summed E-state index contributed by atoms with van der Waals surface area (Å²) in [6.07, 6.45) is 0. The number of thiophene rings is 1. The second-order valence-electron chi connectivity index (χ2n) is 4.95. The van der Waals surface area contributed by atoms with Gasteiger partial charge in [0.05, 0.1) is 10.9 Å². The van der Waals surface area contributed by atoms with Crippen molar-refractivity contribution in [2.24, 2.45) is 0 Å². The van der Waals surface area contributed by atoms with Gasteiger partial charge in [-0.3, -0.25) is 0 Å². The fraction of sp³-hybridized carbons (Fsp3) is 0.286. The van der Waals surface area contributed by atoms with Crippen molar-refractivity contribution in [1.29, 1.82) is 0 Å². The van der Waals surface area contributed by atoms with E-state index < -0.39 is 26.6 Å². The van der Waals surface area contributed by atoms with E-state index in [0.717, 1.165) is 17.0 Å². The summed E-state index contributed by atoms with van der Waals surface area (Å²) in [7, 11) is -0.309. The van der Waals surface area contributed by atoms with Crippen molar-refractivity contribution in [3.63, 3.8) is 0 Å². The van der Waals surface area contributed by atoms with Crippen molar-refractivity contribution >= 4 is 21.4 Å². The molecule has 0 spiro atoms. The zero-order chi connectivity index (χ0) is 16.3. The second-order valence-corrected chi connectivity index (χ2v) is 7.70. The van der Waals surface area contributed by atoms with Crippen LogP contribution in [0, 0.1) is 11.6 Å². The summed E-state index contributed by atoms with van der Waals surface area (Å²) in [6, 6.07) is 5.85. The number of hydrogen-bond acceptors (Lipinski definition) is 4. The molecule has 0 aliphatic heterocycles. The molecule has 2 aromatic rings. The van der Waals surface area contributed by atoms with Gasteiger partial charge in [-0.1, -0.05) is 6.07 Å². The van der Waals surface area contributed by atoms with Crippen LogP contribution < -0.4 is 4.72 Å². The highest BCUT2D eigenvalue weighted by Crippen LogP contribution is 2.23. The van der Waals surface area contributed by atoms with Crippen LogP contribution in [0.4, 0.5) is 8.78 Å². The van der Waals surface area contributed by atoms with Gasteiger partial charge >= 0.3 is 0 Å². The average molecular weight is 346 g/mol. The molecular weight excluding hydrogens is 330 g/mol. The summed E-state index contributed by atoms with van der Waals surface area (Å²) >= 11 is 1.51. The highest BCUT2D eigenvalue weighted by atomic mass is 32.2. The van der Waals surface area contributed by atoms with Gasteiger partial charge in [-0.15, -0.1) is 11.3 Å². The Labute approximate surface area is 132 Å². The minimum absolute atomic E-state index is 0.105. The summed E-state index contributed by atoms with van der Waals surface area (Å²) in [5.74, 6) is -1.86. The van der Waals surface area contributed by atoms with Gasteiger partial charge < -0.3 is 4.90 Å². The average Bonchev–Trinajstić information content (AvgIpc) is 2.91. The fourth-order valence-corrected chi connectivity index (χ4v) is 3.98. The van der Waals surface area contributed by atoms with E-state index in [0.29, 0.717) is 6.07 Å². The smallest absolute Gasteiger partial charge is 0.240 e. The number of nitrogens with one attached hydrogen (secondary N) is 1. The molecule has 0 aliphatic rings. The number of rotatable bonds is 6. The van der Waals surface area contributed by atoms with E-state index in [9.17, 15) is 17.2 Å². The molecule has 8 heteroatoms. The second kappa shape index (κ2) is 6.82. The highest BCUT2D eigenvalue weighted by molar-refractivity contribution is 7.89. The number of likely N-dealkylation sites (N-methyl/N-ethyl adjacent to an activating group) is 1. The highest BCUT2D eigenvalue weighted by Gasteiger charge is 2.21. The van der Waals surface area contributed by atoms with Crippen molar-refractivity contribution in [2.45, 2.75) is 10.9 Å². The molecule has 22 heavy (non-hydrogen) atoms. The quantitative estimate of drug-likeness (QED) is 0.875. The Kier molecular flexibility index (Phi) is 5.28. The largest absolute Gasteiger partial charge is 0.300 e. The molecule has 1 unspecified atom stereocenters. The summed E-state index contributed by atoms with van der Waals surface area (Å²) in [6.45, 7) is 0.105. The predicted octanol–water partition coefficient (Wildman–Crippen LogP) is 2.61. The maximum atomic E-state index is 13.2. The summed E-state index contributed by atoms with van der Waals surface area (Å²) in [4.78, 5) is 2.45.